The van der Waals surface area contributed by atoms with Crippen LogP contribution in [0.25, 0.3) is 0 Å². The summed E-state index contributed by atoms with van der Waals surface area (Å²) in [6, 6.07) is 14.9. The van der Waals surface area contributed by atoms with Crippen molar-refractivity contribution in [2.75, 3.05) is 37.9 Å². The highest BCUT2D eigenvalue weighted by molar-refractivity contribution is 7.92. The first kappa shape index (κ1) is 23.5. The van der Waals surface area contributed by atoms with E-state index < -0.39 is 10.0 Å². The smallest absolute Gasteiger partial charge is 0.240 e. The molecule has 2 rings (SSSR count). The van der Waals surface area contributed by atoms with Crippen LogP contribution in [0.4, 0.5) is 5.69 Å². The van der Waals surface area contributed by atoms with Gasteiger partial charge < -0.3 is 14.8 Å². The second kappa shape index (κ2) is 10.9. The Kier molecular flexibility index (Phi) is 8.53. The van der Waals surface area contributed by atoms with Crippen molar-refractivity contribution in [3.05, 3.63) is 54.1 Å². The quantitative estimate of drug-likeness (QED) is 0.588. The molecule has 164 valence electrons. The molecule has 0 saturated heterocycles. The summed E-state index contributed by atoms with van der Waals surface area (Å²) in [6.07, 6.45) is 2.80. The van der Waals surface area contributed by atoms with Crippen LogP contribution in [0.5, 0.6) is 11.5 Å². The molecule has 2 aromatic carbocycles. The number of rotatable bonds is 11. The predicted octanol–water partition coefficient (Wildman–Crippen LogP) is 2.85. The number of nitrogens with one attached hydrogen (secondary N) is 1. The molecule has 0 bridgehead atoms. The van der Waals surface area contributed by atoms with E-state index in [1.807, 2.05) is 18.2 Å². The molecular formula is C22H30N2O5S. The second-order valence-electron chi connectivity index (χ2n) is 7.08. The Morgan fingerprint density at radius 3 is 2.37 bits per heavy atom. The topological polar surface area (TPSA) is 84.9 Å². The maximum atomic E-state index is 12.6. The van der Waals surface area contributed by atoms with Crippen molar-refractivity contribution >= 4 is 21.6 Å². The number of benzene rings is 2. The molecule has 0 aromatic heterocycles. The van der Waals surface area contributed by atoms with Crippen molar-refractivity contribution in [2.45, 2.75) is 19.8 Å². The second-order valence-corrected chi connectivity index (χ2v) is 8.98. The predicted molar refractivity (Wildman–Crippen MR) is 119 cm³/mol. The van der Waals surface area contributed by atoms with Crippen LogP contribution in [-0.4, -0.2) is 47.9 Å². The highest BCUT2D eigenvalue weighted by atomic mass is 32.2. The molecule has 0 heterocycles. The van der Waals surface area contributed by atoms with Crippen molar-refractivity contribution in [1.29, 1.82) is 0 Å². The number of carbonyl (C=O) groups is 1. The summed E-state index contributed by atoms with van der Waals surface area (Å²) >= 11 is 0. The van der Waals surface area contributed by atoms with Gasteiger partial charge in [0.1, 0.15) is 18.0 Å². The summed E-state index contributed by atoms with van der Waals surface area (Å²) in [5, 5.41) is 2.88. The molecule has 1 unspecified atom stereocenters. The van der Waals surface area contributed by atoms with E-state index >= 15 is 0 Å². The normalized spacial score (nSPS) is 12.1. The minimum absolute atomic E-state index is 0.255. The molecule has 0 aliphatic rings. The molecule has 30 heavy (non-hydrogen) atoms. The van der Waals surface area contributed by atoms with E-state index in [2.05, 4.69) is 24.4 Å². The molecule has 2 aromatic rings. The fourth-order valence-electron chi connectivity index (χ4n) is 3.13. The number of nitrogens with zero attached hydrogens (tertiary/aromatic N) is 1. The van der Waals surface area contributed by atoms with Crippen LogP contribution in [0.15, 0.2) is 48.5 Å². The van der Waals surface area contributed by atoms with E-state index in [1.54, 1.807) is 12.1 Å². The summed E-state index contributed by atoms with van der Waals surface area (Å²) in [4.78, 5) is 12.6. The summed E-state index contributed by atoms with van der Waals surface area (Å²) in [6.45, 7) is 2.20. The lowest BCUT2D eigenvalue weighted by Gasteiger charge is -2.25. The minimum atomic E-state index is -3.73. The van der Waals surface area contributed by atoms with Crippen LogP contribution in [0, 0.1) is 5.92 Å². The third-order valence-corrected chi connectivity index (χ3v) is 6.00. The number of amides is 1. The Hall–Kier alpha value is -2.74. The van der Waals surface area contributed by atoms with Gasteiger partial charge in [-0.3, -0.25) is 9.10 Å². The third kappa shape index (κ3) is 6.66. The molecule has 0 spiro atoms. The van der Waals surface area contributed by atoms with E-state index in [9.17, 15) is 13.2 Å². The van der Waals surface area contributed by atoms with E-state index in [0.29, 0.717) is 18.0 Å². The van der Waals surface area contributed by atoms with E-state index in [-0.39, 0.29) is 24.1 Å². The molecule has 1 amide bonds. The van der Waals surface area contributed by atoms with Gasteiger partial charge in [-0.15, -0.1) is 0 Å². The Balaban J connectivity index is 2.11. The number of hydrogen-bond acceptors (Lipinski definition) is 5. The zero-order valence-electron chi connectivity index (χ0n) is 17.9. The number of sulfonamides is 1. The maximum absolute atomic E-state index is 12.6. The number of carbonyl (C=O) groups excluding carboxylic acids is 1. The molecule has 7 nitrogen and oxygen atoms in total. The first-order chi connectivity index (χ1) is 14.3. The lowest BCUT2D eigenvalue weighted by atomic mass is 9.97. The molecule has 0 fully saturated rings. The van der Waals surface area contributed by atoms with Gasteiger partial charge >= 0.3 is 0 Å². The van der Waals surface area contributed by atoms with Gasteiger partial charge in [0, 0.05) is 12.6 Å². The lowest BCUT2D eigenvalue weighted by molar-refractivity contribution is -0.119. The van der Waals surface area contributed by atoms with E-state index in [0.717, 1.165) is 23.4 Å². The summed E-state index contributed by atoms with van der Waals surface area (Å²) in [5.41, 5.74) is 1.46. The van der Waals surface area contributed by atoms with Crippen LogP contribution in [0.1, 0.15) is 18.9 Å². The number of hydrogen-bond donors (Lipinski definition) is 1. The Bertz CT molecular complexity index is 932. The summed E-state index contributed by atoms with van der Waals surface area (Å²) < 4.78 is 36.4. The van der Waals surface area contributed by atoms with Crippen molar-refractivity contribution in [3.63, 3.8) is 0 Å². The molecule has 1 N–H and O–H groups in total. The molecule has 0 saturated carbocycles. The van der Waals surface area contributed by atoms with Crippen molar-refractivity contribution < 1.29 is 22.7 Å². The largest absolute Gasteiger partial charge is 0.497 e. The van der Waals surface area contributed by atoms with E-state index in [4.69, 9.17) is 9.47 Å². The Morgan fingerprint density at radius 1 is 1.10 bits per heavy atom. The van der Waals surface area contributed by atoms with Gasteiger partial charge in [-0.2, -0.15) is 0 Å². The standard InChI is InChI=1S/C22H30N2O5S/c1-5-17(13-18-9-7-6-8-10-18)15-23-22(25)16-24(30(4,26)27)20-14-19(28-2)11-12-21(20)29-3/h6-12,14,17H,5,13,15-16H2,1-4H3,(H,23,25). The monoisotopic (exact) mass is 434 g/mol. The molecule has 0 aliphatic heterocycles. The van der Waals surface area contributed by atoms with Gasteiger partial charge in [-0.1, -0.05) is 43.7 Å². The van der Waals surface area contributed by atoms with Crippen LogP contribution in [0.2, 0.25) is 0 Å². The van der Waals surface area contributed by atoms with Gasteiger partial charge in [0.15, 0.2) is 0 Å². The van der Waals surface area contributed by atoms with Crippen LogP contribution in [-0.2, 0) is 21.2 Å². The van der Waals surface area contributed by atoms with E-state index in [1.165, 1.54) is 25.8 Å². The zero-order valence-corrected chi connectivity index (χ0v) is 18.7. The lowest BCUT2D eigenvalue weighted by Crippen LogP contribution is -2.42. The van der Waals surface area contributed by atoms with Crippen molar-refractivity contribution in [3.8, 4) is 11.5 Å². The van der Waals surface area contributed by atoms with Crippen molar-refractivity contribution in [1.82, 2.24) is 5.32 Å². The molecule has 8 heteroatoms. The first-order valence-electron chi connectivity index (χ1n) is 9.78. The first-order valence-corrected chi connectivity index (χ1v) is 11.6. The van der Waals surface area contributed by atoms with Crippen molar-refractivity contribution in [2.24, 2.45) is 5.92 Å². The molecule has 1 atom stereocenters. The number of ether oxygens (including phenoxy) is 2. The maximum Gasteiger partial charge on any atom is 0.240 e. The van der Waals surface area contributed by atoms with Crippen LogP contribution < -0.4 is 19.1 Å². The summed E-state index contributed by atoms with van der Waals surface area (Å²) in [7, 11) is -0.794. The minimum Gasteiger partial charge on any atom is -0.497 e. The number of anilines is 1. The van der Waals surface area contributed by atoms with Gasteiger partial charge in [0.25, 0.3) is 0 Å². The average molecular weight is 435 g/mol. The third-order valence-electron chi connectivity index (χ3n) is 4.87. The fourth-order valence-corrected chi connectivity index (χ4v) is 3.98. The number of methoxy groups -OCH3 is 2. The average Bonchev–Trinajstić information content (AvgIpc) is 2.74. The van der Waals surface area contributed by atoms with Gasteiger partial charge in [-0.05, 0) is 30.0 Å². The SMILES string of the molecule is CCC(CNC(=O)CN(c1cc(OC)ccc1OC)S(C)(=O)=O)Cc1ccccc1. The van der Waals surface area contributed by atoms with Gasteiger partial charge in [0.2, 0.25) is 15.9 Å². The van der Waals surface area contributed by atoms with Crippen LogP contribution >= 0.6 is 0 Å². The fraction of sp³-hybridized carbons (Fsp3) is 0.409. The van der Waals surface area contributed by atoms with Gasteiger partial charge in [0.05, 0.1) is 26.2 Å². The highest BCUT2D eigenvalue weighted by Crippen LogP contribution is 2.33. The summed E-state index contributed by atoms with van der Waals surface area (Å²) in [5.74, 6) is 0.685. The van der Waals surface area contributed by atoms with Crippen LogP contribution in [0.3, 0.4) is 0 Å². The van der Waals surface area contributed by atoms with Gasteiger partial charge in [-0.25, -0.2) is 8.42 Å². The molecule has 0 aliphatic carbocycles. The zero-order chi connectivity index (χ0) is 22.1. The highest BCUT2D eigenvalue weighted by Gasteiger charge is 2.25. The molecular weight excluding hydrogens is 404 g/mol. The Labute approximate surface area is 179 Å². The Morgan fingerprint density at radius 2 is 1.80 bits per heavy atom. The molecule has 0 radical (unpaired) electrons.